The molecule has 0 radical (unpaired) electrons. The molecule has 0 saturated heterocycles. The Morgan fingerprint density at radius 3 is 2.36 bits per heavy atom. The summed E-state index contributed by atoms with van der Waals surface area (Å²) >= 11 is 0. The molecule has 0 aliphatic carbocycles. The largest absolute Gasteiger partial charge is 0.416 e. The Morgan fingerprint density at radius 1 is 1.12 bits per heavy atom. The van der Waals surface area contributed by atoms with Gasteiger partial charge in [-0.05, 0) is 17.7 Å². The topological polar surface area (TPSA) is 72.2 Å². The Labute approximate surface area is 139 Å². The van der Waals surface area contributed by atoms with Crippen LogP contribution in [0.4, 0.5) is 23.2 Å². The van der Waals surface area contributed by atoms with Gasteiger partial charge in [-0.25, -0.2) is 4.39 Å². The van der Waals surface area contributed by atoms with E-state index in [9.17, 15) is 32.5 Å². The standard InChI is InChI=1S/C16H12F4N2O3/c17-13(10-5-1-3-7-12(10)16(18,19)20)9-21-15(23)11-6-2-4-8-14(11)22(24)25/h1-8,13H,9H2,(H,21,23)/t13-/m0/s1. The number of rotatable bonds is 5. The van der Waals surface area contributed by atoms with E-state index in [1.54, 1.807) is 0 Å². The van der Waals surface area contributed by atoms with Crippen LogP contribution in [0.2, 0.25) is 0 Å². The molecule has 0 heterocycles. The highest BCUT2D eigenvalue weighted by atomic mass is 19.4. The summed E-state index contributed by atoms with van der Waals surface area (Å²) < 4.78 is 52.9. The smallest absolute Gasteiger partial charge is 0.349 e. The zero-order valence-electron chi connectivity index (χ0n) is 12.6. The lowest BCUT2D eigenvalue weighted by atomic mass is 10.0. The zero-order chi connectivity index (χ0) is 18.6. The third-order valence-electron chi connectivity index (χ3n) is 3.39. The van der Waals surface area contributed by atoms with E-state index in [1.807, 2.05) is 0 Å². The first-order chi connectivity index (χ1) is 11.7. The summed E-state index contributed by atoms with van der Waals surface area (Å²) in [5.41, 5.74) is -2.53. The van der Waals surface area contributed by atoms with Gasteiger partial charge < -0.3 is 5.32 Å². The first-order valence-corrected chi connectivity index (χ1v) is 7.03. The molecule has 0 fully saturated rings. The number of hydrogen-bond acceptors (Lipinski definition) is 3. The van der Waals surface area contributed by atoms with Crippen molar-refractivity contribution in [2.45, 2.75) is 12.3 Å². The fraction of sp³-hybridized carbons (Fsp3) is 0.188. The quantitative estimate of drug-likeness (QED) is 0.499. The minimum Gasteiger partial charge on any atom is -0.349 e. The number of carbonyl (C=O) groups is 1. The Kier molecular flexibility index (Phi) is 5.35. The third-order valence-corrected chi connectivity index (χ3v) is 3.39. The van der Waals surface area contributed by atoms with Gasteiger partial charge in [-0.15, -0.1) is 0 Å². The van der Waals surface area contributed by atoms with E-state index in [0.717, 1.165) is 24.3 Å². The molecule has 25 heavy (non-hydrogen) atoms. The fourth-order valence-electron chi connectivity index (χ4n) is 2.24. The van der Waals surface area contributed by atoms with E-state index in [2.05, 4.69) is 5.32 Å². The minimum atomic E-state index is -4.73. The van der Waals surface area contributed by atoms with E-state index < -0.39 is 46.5 Å². The average Bonchev–Trinajstić information content (AvgIpc) is 2.58. The second-order valence-electron chi connectivity index (χ2n) is 5.04. The van der Waals surface area contributed by atoms with Gasteiger partial charge in [-0.3, -0.25) is 14.9 Å². The molecule has 0 unspecified atom stereocenters. The van der Waals surface area contributed by atoms with Crippen molar-refractivity contribution in [1.82, 2.24) is 5.32 Å². The third kappa shape index (κ3) is 4.31. The highest BCUT2D eigenvalue weighted by Gasteiger charge is 2.35. The molecule has 0 bridgehead atoms. The number of carbonyl (C=O) groups excluding carboxylic acids is 1. The van der Waals surface area contributed by atoms with Crippen LogP contribution in [0.3, 0.4) is 0 Å². The second-order valence-corrected chi connectivity index (χ2v) is 5.04. The van der Waals surface area contributed by atoms with Crippen LogP contribution in [0.25, 0.3) is 0 Å². The van der Waals surface area contributed by atoms with Gasteiger partial charge in [0.2, 0.25) is 0 Å². The van der Waals surface area contributed by atoms with Crippen LogP contribution in [-0.4, -0.2) is 17.4 Å². The Bertz CT molecular complexity index is 793. The highest BCUT2D eigenvalue weighted by molar-refractivity contribution is 5.98. The first kappa shape index (κ1) is 18.4. The summed E-state index contributed by atoms with van der Waals surface area (Å²) in [7, 11) is 0. The highest BCUT2D eigenvalue weighted by Crippen LogP contribution is 2.35. The molecule has 132 valence electrons. The molecule has 2 aromatic rings. The summed E-state index contributed by atoms with van der Waals surface area (Å²) in [4.78, 5) is 22.1. The second kappa shape index (κ2) is 7.29. The molecular weight excluding hydrogens is 344 g/mol. The number of halogens is 4. The van der Waals surface area contributed by atoms with Crippen molar-refractivity contribution in [2.24, 2.45) is 0 Å². The Hall–Kier alpha value is -2.97. The lowest BCUT2D eigenvalue weighted by Crippen LogP contribution is -2.28. The van der Waals surface area contributed by atoms with Crippen molar-refractivity contribution in [1.29, 1.82) is 0 Å². The summed E-state index contributed by atoms with van der Waals surface area (Å²) in [6.07, 6.45) is -6.85. The monoisotopic (exact) mass is 356 g/mol. The van der Waals surface area contributed by atoms with Crippen molar-refractivity contribution < 1.29 is 27.3 Å². The van der Waals surface area contributed by atoms with E-state index in [4.69, 9.17) is 0 Å². The molecule has 1 N–H and O–H groups in total. The fourth-order valence-corrected chi connectivity index (χ4v) is 2.24. The van der Waals surface area contributed by atoms with Crippen LogP contribution < -0.4 is 5.32 Å². The molecule has 1 atom stereocenters. The molecule has 0 aromatic heterocycles. The van der Waals surface area contributed by atoms with Gasteiger partial charge in [0.25, 0.3) is 11.6 Å². The van der Waals surface area contributed by atoms with Crippen LogP contribution in [-0.2, 0) is 6.18 Å². The van der Waals surface area contributed by atoms with Gasteiger partial charge in [-0.1, -0.05) is 30.3 Å². The number of nitro groups is 1. The number of nitro benzene ring substituents is 1. The Balaban J connectivity index is 2.15. The lowest BCUT2D eigenvalue weighted by Gasteiger charge is -2.16. The molecule has 0 saturated carbocycles. The number of amides is 1. The SMILES string of the molecule is O=C(NC[C@H](F)c1ccccc1C(F)(F)F)c1ccccc1[N+](=O)[O-]. The maximum Gasteiger partial charge on any atom is 0.416 e. The van der Waals surface area contributed by atoms with E-state index in [-0.39, 0.29) is 5.56 Å². The Morgan fingerprint density at radius 2 is 1.72 bits per heavy atom. The van der Waals surface area contributed by atoms with Crippen molar-refractivity contribution in [3.05, 3.63) is 75.3 Å². The van der Waals surface area contributed by atoms with Crippen LogP contribution in [0.1, 0.15) is 27.7 Å². The van der Waals surface area contributed by atoms with Crippen LogP contribution in [0, 0.1) is 10.1 Å². The maximum atomic E-state index is 14.2. The lowest BCUT2D eigenvalue weighted by molar-refractivity contribution is -0.385. The molecule has 0 spiro atoms. The molecular formula is C16H12F4N2O3. The molecule has 5 nitrogen and oxygen atoms in total. The van der Waals surface area contributed by atoms with Gasteiger partial charge in [0.1, 0.15) is 11.7 Å². The number of nitrogens with zero attached hydrogens (tertiary/aromatic N) is 1. The van der Waals surface area contributed by atoms with E-state index in [1.165, 1.54) is 24.3 Å². The van der Waals surface area contributed by atoms with Crippen molar-refractivity contribution >= 4 is 11.6 Å². The van der Waals surface area contributed by atoms with Crippen molar-refractivity contribution in [3.63, 3.8) is 0 Å². The number of alkyl halides is 4. The number of para-hydroxylation sites is 1. The van der Waals surface area contributed by atoms with E-state index >= 15 is 0 Å². The predicted molar refractivity (Wildman–Crippen MR) is 80.7 cm³/mol. The van der Waals surface area contributed by atoms with Crippen molar-refractivity contribution in [3.8, 4) is 0 Å². The normalized spacial score (nSPS) is 12.5. The van der Waals surface area contributed by atoms with Crippen molar-refractivity contribution in [2.75, 3.05) is 6.54 Å². The van der Waals surface area contributed by atoms with Gasteiger partial charge in [0.15, 0.2) is 0 Å². The number of benzene rings is 2. The minimum absolute atomic E-state index is 0.302. The first-order valence-electron chi connectivity index (χ1n) is 7.03. The van der Waals surface area contributed by atoms with Gasteiger partial charge in [-0.2, -0.15) is 13.2 Å². The van der Waals surface area contributed by atoms with Crippen LogP contribution >= 0.6 is 0 Å². The van der Waals surface area contributed by atoms with E-state index in [0.29, 0.717) is 0 Å². The molecule has 1 amide bonds. The van der Waals surface area contributed by atoms with Crippen LogP contribution in [0.15, 0.2) is 48.5 Å². The molecule has 0 aliphatic heterocycles. The number of hydrogen-bond donors (Lipinski definition) is 1. The average molecular weight is 356 g/mol. The van der Waals surface area contributed by atoms with Crippen LogP contribution in [0.5, 0.6) is 0 Å². The zero-order valence-corrected chi connectivity index (χ0v) is 12.6. The number of nitrogens with one attached hydrogen (secondary N) is 1. The molecule has 0 aliphatic rings. The summed E-state index contributed by atoms with van der Waals surface area (Å²) in [6.45, 7) is -0.752. The van der Waals surface area contributed by atoms with Gasteiger partial charge >= 0.3 is 6.18 Å². The maximum absolute atomic E-state index is 14.2. The predicted octanol–water partition coefficient (Wildman–Crippen LogP) is 4.05. The molecule has 2 aromatic carbocycles. The summed E-state index contributed by atoms with van der Waals surface area (Å²) in [5, 5.41) is 13.0. The molecule has 2 rings (SSSR count). The summed E-state index contributed by atoms with van der Waals surface area (Å²) in [6, 6.07) is 9.10. The summed E-state index contributed by atoms with van der Waals surface area (Å²) in [5.74, 6) is -0.945. The van der Waals surface area contributed by atoms with Gasteiger partial charge in [0, 0.05) is 6.07 Å². The van der Waals surface area contributed by atoms with Gasteiger partial charge in [0.05, 0.1) is 17.0 Å². The molecule has 9 heteroatoms.